The first-order valence-corrected chi connectivity index (χ1v) is 33.8. The van der Waals surface area contributed by atoms with E-state index in [2.05, 4.69) is 363 Å². The smallest absolute Gasteiger partial charge is 0.252 e. The summed E-state index contributed by atoms with van der Waals surface area (Å²) in [7, 11) is 0. The van der Waals surface area contributed by atoms with Gasteiger partial charge in [-0.1, -0.05) is 305 Å². The van der Waals surface area contributed by atoms with Gasteiger partial charge in [0.15, 0.2) is 0 Å². The maximum absolute atomic E-state index is 2.74. The van der Waals surface area contributed by atoms with Gasteiger partial charge in [-0.15, -0.1) is 0 Å². The van der Waals surface area contributed by atoms with Crippen molar-refractivity contribution in [2.45, 2.75) is 78.6 Å². The van der Waals surface area contributed by atoms with Crippen LogP contribution in [-0.4, -0.2) is 6.71 Å². The third kappa shape index (κ3) is 9.53. The molecule has 0 N–H and O–H groups in total. The lowest BCUT2D eigenvalue weighted by molar-refractivity contribution is 0.590. The van der Waals surface area contributed by atoms with E-state index in [1.807, 2.05) is 0 Å². The minimum Gasteiger partial charge on any atom is -0.310 e. The van der Waals surface area contributed by atoms with E-state index in [4.69, 9.17) is 0 Å². The van der Waals surface area contributed by atoms with E-state index in [0.717, 1.165) is 11.4 Å². The Kier molecular flexibility index (Phi) is 13.4. The van der Waals surface area contributed by atoms with Gasteiger partial charge in [-0.2, -0.15) is 0 Å². The van der Waals surface area contributed by atoms with Crippen molar-refractivity contribution >= 4 is 100 Å². The van der Waals surface area contributed by atoms with Crippen LogP contribution in [0.25, 0.3) is 110 Å². The molecule has 0 spiro atoms. The molecule has 17 rings (SSSR count). The van der Waals surface area contributed by atoms with Crippen molar-refractivity contribution in [3.8, 4) is 66.8 Å². The van der Waals surface area contributed by atoms with Gasteiger partial charge in [-0.3, -0.25) is 0 Å². The van der Waals surface area contributed by atoms with E-state index < -0.39 is 0 Å². The number of anilines is 6. The molecule has 456 valence electrons. The number of rotatable bonds is 8. The summed E-state index contributed by atoms with van der Waals surface area (Å²) in [5.74, 6) is 0. The summed E-state index contributed by atoms with van der Waals surface area (Å²) in [6.07, 6.45) is 0. The summed E-state index contributed by atoms with van der Waals surface area (Å²) in [4.78, 5) is 5.45. The molecule has 2 aliphatic rings. The third-order valence-electron chi connectivity index (χ3n) is 20.6. The first kappa shape index (κ1) is 58.1. The fourth-order valence-corrected chi connectivity index (χ4v) is 15.8. The van der Waals surface area contributed by atoms with Crippen LogP contribution in [0.3, 0.4) is 0 Å². The highest BCUT2D eigenvalue weighted by Crippen LogP contribution is 2.56. The Bertz CT molecular complexity index is 5350. The van der Waals surface area contributed by atoms with E-state index in [0.29, 0.717) is 0 Å². The van der Waals surface area contributed by atoms with Crippen LogP contribution in [0.1, 0.15) is 79.0 Å². The summed E-state index contributed by atoms with van der Waals surface area (Å²) in [6.45, 7) is 21.1. The highest BCUT2D eigenvalue weighted by molar-refractivity contribution is 7.00. The number of benzene rings is 15. The number of hydrogen-bond acceptors (Lipinski definition) is 2. The zero-order valence-corrected chi connectivity index (χ0v) is 55.7. The lowest BCUT2D eigenvalue weighted by atomic mass is 9.33. The molecule has 15 aromatic carbocycles. The molecular formula is C92H75BN2. The quantitative estimate of drug-likeness (QED) is 0.0850. The Hall–Kier alpha value is -10.7. The highest BCUT2D eigenvalue weighted by Gasteiger charge is 2.46. The summed E-state index contributed by atoms with van der Waals surface area (Å²) in [6, 6.07) is 111. The summed E-state index contributed by atoms with van der Waals surface area (Å²) >= 11 is 0. The van der Waals surface area contributed by atoms with Crippen LogP contribution in [0.2, 0.25) is 0 Å². The van der Waals surface area contributed by atoms with Crippen molar-refractivity contribution in [1.29, 1.82) is 0 Å². The summed E-state index contributed by atoms with van der Waals surface area (Å²) < 4.78 is 0. The van der Waals surface area contributed by atoms with Gasteiger partial charge in [0.1, 0.15) is 0 Å². The Morgan fingerprint density at radius 2 is 0.632 bits per heavy atom. The largest absolute Gasteiger partial charge is 0.310 e. The Morgan fingerprint density at radius 3 is 1.09 bits per heavy atom. The lowest BCUT2D eigenvalue weighted by Gasteiger charge is -2.47. The molecule has 0 atom stereocenters. The molecule has 0 unspecified atom stereocenters. The maximum Gasteiger partial charge on any atom is 0.252 e. The van der Waals surface area contributed by atoms with Gasteiger partial charge in [0.2, 0.25) is 0 Å². The fourth-order valence-electron chi connectivity index (χ4n) is 15.8. The Labute approximate surface area is 559 Å². The van der Waals surface area contributed by atoms with E-state index >= 15 is 0 Å². The average molecular weight is 1220 g/mol. The van der Waals surface area contributed by atoms with Crippen LogP contribution in [0, 0.1) is 0 Å². The van der Waals surface area contributed by atoms with Crippen molar-refractivity contribution in [1.82, 2.24) is 0 Å². The third-order valence-corrected chi connectivity index (χ3v) is 20.6. The van der Waals surface area contributed by atoms with Gasteiger partial charge < -0.3 is 9.80 Å². The van der Waals surface area contributed by atoms with Crippen molar-refractivity contribution in [3.63, 3.8) is 0 Å². The molecule has 95 heavy (non-hydrogen) atoms. The standard InChI is InChI=1S/C92H75BN2/c1-90(2,3)66-52-75(59-30-17-11-18-31-59)88(76(53-66)60-32-19-12-20-33-60)94-81-49-45-64(58-28-15-10-16-29-58)50-80(81)93-79-48-44-65(69-46-47-74-72-41-26-39-63-38-25-40-71(85(63)72)73-43-27-42-70(69)86(73)74)51-82(79)95(84-57-68(92(7,8)9)56-83(94)87(84)93)89-77(61-34-21-13-22-35-61)54-67(91(4,5)6)55-78(89)62-36-23-14-24-37-62/h10-57H,1-9H3. The molecule has 0 aliphatic carbocycles. The van der Waals surface area contributed by atoms with Crippen molar-refractivity contribution in [3.05, 3.63) is 308 Å². The van der Waals surface area contributed by atoms with E-state index in [-0.39, 0.29) is 23.0 Å². The topological polar surface area (TPSA) is 6.48 Å². The summed E-state index contributed by atoms with van der Waals surface area (Å²) in [5, 5.41) is 10.3. The minimum atomic E-state index is -0.286. The summed E-state index contributed by atoms with van der Waals surface area (Å²) in [5.41, 5.74) is 28.2. The highest BCUT2D eigenvalue weighted by atomic mass is 15.2. The molecule has 0 radical (unpaired) electrons. The normalized spacial score (nSPS) is 13.0. The second kappa shape index (κ2) is 21.9. The maximum atomic E-state index is 2.74. The fraction of sp³-hybridized carbons (Fsp3) is 0.130. The zero-order chi connectivity index (χ0) is 64.6. The van der Waals surface area contributed by atoms with Crippen LogP contribution in [0.15, 0.2) is 291 Å². The second-order valence-electron chi connectivity index (χ2n) is 29.6. The molecule has 0 aromatic heterocycles. The number of fused-ring (bicyclic) bond motifs is 6. The van der Waals surface area contributed by atoms with Gasteiger partial charge in [-0.25, -0.2) is 0 Å². The first-order valence-electron chi connectivity index (χ1n) is 33.8. The molecule has 3 heteroatoms. The van der Waals surface area contributed by atoms with Crippen molar-refractivity contribution < 1.29 is 0 Å². The lowest BCUT2D eigenvalue weighted by Crippen LogP contribution is -2.61. The van der Waals surface area contributed by atoms with Crippen LogP contribution in [0.4, 0.5) is 34.1 Å². The van der Waals surface area contributed by atoms with Crippen molar-refractivity contribution in [2.24, 2.45) is 0 Å². The van der Waals surface area contributed by atoms with Gasteiger partial charge in [0.25, 0.3) is 6.71 Å². The molecule has 2 nitrogen and oxygen atoms in total. The Morgan fingerprint density at radius 1 is 0.242 bits per heavy atom. The Balaban J connectivity index is 1.05. The SMILES string of the molecule is CC(C)(C)c1cc(-c2ccccc2)c(N2c3ccc(-c4ccccc4)cc3B3c4ccc(-c5ccc6c7cccc8cccc(c9cccc5c96)c87)cc4N(c4c(-c5ccccc5)cc(C(C)(C)C)cc4-c4ccccc4)c4cc(C(C)(C)C)cc2c43)c(-c2ccccc2)c1. The number of nitrogens with zero attached hydrogens (tertiary/aromatic N) is 2. The van der Waals surface area contributed by atoms with Gasteiger partial charge >= 0.3 is 0 Å². The van der Waals surface area contributed by atoms with Crippen molar-refractivity contribution in [2.75, 3.05) is 9.80 Å². The molecule has 0 saturated carbocycles. The molecule has 2 heterocycles. The molecule has 0 saturated heterocycles. The molecule has 0 bridgehead atoms. The van der Waals surface area contributed by atoms with Crippen LogP contribution in [0.5, 0.6) is 0 Å². The van der Waals surface area contributed by atoms with Crippen LogP contribution in [-0.2, 0) is 16.2 Å². The van der Waals surface area contributed by atoms with E-state index in [1.54, 1.807) is 0 Å². The van der Waals surface area contributed by atoms with Gasteiger partial charge in [0, 0.05) is 45.0 Å². The van der Waals surface area contributed by atoms with Gasteiger partial charge in [-0.05, 0) is 185 Å². The molecule has 15 aromatic rings. The molecule has 0 amide bonds. The van der Waals surface area contributed by atoms with Crippen LogP contribution >= 0.6 is 0 Å². The number of hydrogen-bond donors (Lipinski definition) is 0. The molecule has 0 fully saturated rings. The second-order valence-corrected chi connectivity index (χ2v) is 29.6. The predicted molar refractivity (Wildman–Crippen MR) is 410 cm³/mol. The predicted octanol–water partition coefficient (Wildman–Crippen LogP) is 23.7. The van der Waals surface area contributed by atoms with E-state index in [9.17, 15) is 0 Å². The molecular weight excluding hydrogens is 1140 g/mol. The van der Waals surface area contributed by atoms with Gasteiger partial charge in [0.05, 0.1) is 11.4 Å². The van der Waals surface area contributed by atoms with Crippen LogP contribution < -0.4 is 26.2 Å². The monoisotopic (exact) mass is 1220 g/mol. The average Bonchev–Trinajstić information content (AvgIpc) is 0.691. The molecule has 2 aliphatic heterocycles. The first-order chi connectivity index (χ1) is 46.0. The van der Waals surface area contributed by atoms with E-state index in [1.165, 1.54) is 166 Å². The minimum absolute atomic E-state index is 0.156. The zero-order valence-electron chi connectivity index (χ0n) is 55.7.